The summed E-state index contributed by atoms with van der Waals surface area (Å²) in [6, 6.07) is 13.4. The molecule has 1 aromatic heterocycles. The molecule has 0 fully saturated rings. The highest BCUT2D eigenvalue weighted by Crippen LogP contribution is 2.45. The van der Waals surface area contributed by atoms with Crippen LogP contribution < -0.4 is 0 Å². The quantitative estimate of drug-likeness (QED) is 0.359. The minimum absolute atomic E-state index is 0.0810. The van der Waals surface area contributed by atoms with Crippen LogP contribution in [0.3, 0.4) is 0 Å². The number of carbonyl (C=O) groups is 2. The molecule has 7 heteroatoms. The molecule has 1 aliphatic rings. The van der Waals surface area contributed by atoms with E-state index in [1.807, 2.05) is 24.3 Å². The van der Waals surface area contributed by atoms with Crippen molar-refractivity contribution in [3.63, 3.8) is 0 Å². The Morgan fingerprint density at radius 3 is 2.43 bits per heavy atom. The molecule has 0 aliphatic heterocycles. The van der Waals surface area contributed by atoms with Gasteiger partial charge in [-0.1, -0.05) is 24.3 Å². The van der Waals surface area contributed by atoms with Crippen LogP contribution in [-0.2, 0) is 0 Å². The van der Waals surface area contributed by atoms with E-state index in [1.165, 1.54) is 29.5 Å². The fraction of sp³-hybridized carbons (Fsp3) is 0. The molecular weight excluding hydrogens is 394 g/mol. The third-order valence-corrected chi connectivity index (χ3v) is 6.18. The Morgan fingerprint density at radius 1 is 0.857 bits per heavy atom. The summed E-state index contributed by atoms with van der Waals surface area (Å²) >= 11 is 5.67. The van der Waals surface area contributed by atoms with Crippen molar-refractivity contribution in [3.05, 3.63) is 70.8 Å². The first-order chi connectivity index (χ1) is 13.5. The summed E-state index contributed by atoms with van der Waals surface area (Å²) in [6.45, 7) is 0. The third-order valence-electron chi connectivity index (χ3n) is 4.77. The fourth-order valence-electron chi connectivity index (χ4n) is 3.50. The lowest BCUT2D eigenvalue weighted by molar-refractivity contribution is 0.0974. The van der Waals surface area contributed by atoms with Crippen molar-refractivity contribution in [2.75, 3.05) is 0 Å². The van der Waals surface area contributed by atoms with Gasteiger partial charge in [-0.25, -0.2) is 4.98 Å². The van der Waals surface area contributed by atoms with Gasteiger partial charge in [0.2, 0.25) is 5.78 Å². The van der Waals surface area contributed by atoms with Gasteiger partial charge in [-0.05, 0) is 24.3 Å². The van der Waals surface area contributed by atoms with Crippen LogP contribution in [0.1, 0.15) is 31.8 Å². The minimum atomic E-state index is -0.613. The number of thiazole rings is 1. The van der Waals surface area contributed by atoms with Crippen molar-refractivity contribution in [1.82, 2.24) is 4.98 Å². The molecule has 3 aromatic carbocycles. The number of hydrogen-bond donors (Lipinski definition) is 3. The molecule has 0 saturated heterocycles. The van der Waals surface area contributed by atoms with Crippen molar-refractivity contribution in [2.24, 2.45) is 0 Å². The Hall–Kier alpha value is -3.16. The molecule has 28 heavy (non-hydrogen) atoms. The summed E-state index contributed by atoms with van der Waals surface area (Å²) < 4.78 is 0.938. The number of thiol groups is 1. The van der Waals surface area contributed by atoms with Crippen molar-refractivity contribution in [3.8, 4) is 22.1 Å². The average Bonchev–Trinajstić information content (AvgIpc) is 3.11. The van der Waals surface area contributed by atoms with E-state index in [-0.39, 0.29) is 38.6 Å². The van der Waals surface area contributed by atoms with Gasteiger partial charge in [-0.3, -0.25) is 9.59 Å². The number of benzene rings is 3. The molecule has 0 amide bonds. The number of ketones is 2. The second kappa shape index (κ2) is 5.92. The standard InChI is InChI=1S/C21H11NO4S2/c23-12-6-3-4-9-15(12)20(26)17-16(18(9)24)10(8-13(27)19(17)25)21-22-11-5-1-2-7-14(11)28-21/h1-8,23,25,27H. The van der Waals surface area contributed by atoms with E-state index in [4.69, 9.17) is 0 Å². The maximum absolute atomic E-state index is 13.3. The van der Waals surface area contributed by atoms with Gasteiger partial charge < -0.3 is 10.2 Å². The van der Waals surface area contributed by atoms with Crippen molar-refractivity contribution >= 4 is 45.7 Å². The predicted molar refractivity (Wildman–Crippen MR) is 109 cm³/mol. The van der Waals surface area contributed by atoms with Gasteiger partial charge >= 0.3 is 0 Å². The molecule has 4 aromatic rings. The van der Waals surface area contributed by atoms with Gasteiger partial charge in [0.1, 0.15) is 16.5 Å². The predicted octanol–water partition coefficient (Wildman–Crippen LogP) is 4.44. The number of nitrogens with zero attached hydrogens (tertiary/aromatic N) is 1. The van der Waals surface area contributed by atoms with Gasteiger partial charge in [0.25, 0.3) is 0 Å². The first-order valence-corrected chi connectivity index (χ1v) is 9.60. The summed E-state index contributed by atoms with van der Waals surface area (Å²) in [5.74, 6) is -1.74. The van der Waals surface area contributed by atoms with E-state index in [9.17, 15) is 19.8 Å². The van der Waals surface area contributed by atoms with Crippen molar-refractivity contribution < 1.29 is 19.8 Å². The maximum Gasteiger partial charge on any atom is 0.202 e. The number of hydrogen-bond acceptors (Lipinski definition) is 7. The monoisotopic (exact) mass is 405 g/mol. The lowest BCUT2D eigenvalue weighted by atomic mass is 9.81. The van der Waals surface area contributed by atoms with Crippen LogP contribution in [0, 0.1) is 0 Å². The smallest absolute Gasteiger partial charge is 0.202 e. The SMILES string of the molecule is O=C1c2cccc(O)c2C(=O)c2c(O)c(S)cc(-c3nc4ccccc4s3)c21. The van der Waals surface area contributed by atoms with Crippen molar-refractivity contribution in [2.45, 2.75) is 4.90 Å². The Balaban J connectivity index is 1.86. The van der Waals surface area contributed by atoms with Gasteiger partial charge in [0.05, 0.1) is 21.3 Å². The molecule has 1 heterocycles. The normalized spacial score (nSPS) is 12.9. The average molecular weight is 405 g/mol. The van der Waals surface area contributed by atoms with Gasteiger partial charge in [-0.2, -0.15) is 0 Å². The first-order valence-electron chi connectivity index (χ1n) is 8.33. The number of phenols is 2. The Bertz CT molecular complexity index is 1310. The molecule has 0 unspecified atom stereocenters. The molecule has 0 spiro atoms. The van der Waals surface area contributed by atoms with Crippen LogP contribution >= 0.6 is 24.0 Å². The van der Waals surface area contributed by atoms with E-state index in [0.717, 1.165) is 10.2 Å². The molecule has 0 saturated carbocycles. The zero-order chi connectivity index (χ0) is 19.6. The number of fused-ring (bicyclic) bond motifs is 3. The summed E-state index contributed by atoms with van der Waals surface area (Å²) in [6.07, 6.45) is 0. The lowest BCUT2D eigenvalue weighted by Crippen LogP contribution is -2.22. The zero-order valence-corrected chi connectivity index (χ0v) is 15.8. The Kier molecular flexibility index (Phi) is 3.59. The summed E-state index contributed by atoms with van der Waals surface area (Å²) in [7, 11) is 0. The maximum atomic E-state index is 13.3. The van der Waals surface area contributed by atoms with E-state index >= 15 is 0 Å². The van der Waals surface area contributed by atoms with E-state index in [0.29, 0.717) is 10.6 Å². The molecule has 0 atom stereocenters. The molecule has 5 nitrogen and oxygen atoms in total. The highest BCUT2D eigenvalue weighted by atomic mass is 32.1. The number of rotatable bonds is 1. The van der Waals surface area contributed by atoms with Gasteiger partial charge in [0.15, 0.2) is 5.78 Å². The second-order valence-electron chi connectivity index (χ2n) is 6.39. The van der Waals surface area contributed by atoms with Gasteiger partial charge in [0, 0.05) is 21.6 Å². The molecule has 0 bridgehead atoms. The third kappa shape index (κ3) is 2.23. The second-order valence-corrected chi connectivity index (χ2v) is 7.90. The Morgan fingerprint density at radius 2 is 1.64 bits per heavy atom. The van der Waals surface area contributed by atoms with Crippen molar-refractivity contribution in [1.29, 1.82) is 0 Å². The minimum Gasteiger partial charge on any atom is -0.507 e. The van der Waals surface area contributed by atoms with Crippen LogP contribution in [0.25, 0.3) is 20.8 Å². The molecule has 5 rings (SSSR count). The number of aromatic nitrogens is 1. The van der Waals surface area contributed by atoms with E-state index in [2.05, 4.69) is 17.6 Å². The van der Waals surface area contributed by atoms with Crippen LogP contribution in [0.15, 0.2) is 53.4 Å². The molecule has 2 N–H and O–H groups in total. The number of carbonyl (C=O) groups excluding carboxylic acids is 2. The van der Waals surface area contributed by atoms with Gasteiger partial charge in [-0.15, -0.1) is 24.0 Å². The molecule has 0 radical (unpaired) electrons. The van der Waals surface area contributed by atoms with Crippen LogP contribution in [0.4, 0.5) is 0 Å². The molecular formula is C21H11NO4S2. The topological polar surface area (TPSA) is 87.5 Å². The van der Waals surface area contributed by atoms with Crippen LogP contribution in [0.5, 0.6) is 11.5 Å². The fourth-order valence-corrected chi connectivity index (χ4v) is 4.73. The lowest BCUT2D eigenvalue weighted by Gasteiger charge is -2.22. The molecule has 136 valence electrons. The van der Waals surface area contributed by atoms with E-state index < -0.39 is 11.6 Å². The summed E-state index contributed by atoms with van der Waals surface area (Å²) in [5, 5.41) is 21.2. The number of phenolic OH excluding ortho intramolecular Hbond substituents is 2. The summed E-state index contributed by atoms with van der Waals surface area (Å²) in [4.78, 5) is 31.1. The number of aromatic hydroxyl groups is 2. The van der Waals surface area contributed by atoms with Crippen LogP contribution in [0.2, 0.25) is 0 Å². The first kappa shape index (κ1) is 17.0. The zero-order valence-electron chi connectivity index (χ0n) is 14.1. The van der Waals surface area contributed by atoms with E-state index in [1.54, 1.807) is 6.07 Å². The number of para-hydroxylation sites is 1. The summed E-state index contributed by atoms with van der Waals surface area (Å²) in [5.41, 5.74) is 1.14. The van der Waals surface area contributed by atoms with Crippen LogP contribution in [-0.4, -0.2) is 26.8 Å². The molecule has 1 aliphatic carbocycles. The highest BCUT2D eigenvalue weighted by Gasteiger charge is 2.37. The Labute approximate surface area is 168 Å². The largest absolute Gasteiger partial charge is 0.507 e. The highest BCUT2D eigenvalue weighted by molar-refractivity contribution is 7.80.